The zero-order valence-corrected chi connectivity index (χ0v) is 9.73. The third kappa shape index (κ3) is 3.55. The van der Waals surface area contributed by atoms with Crippen molar-refractivity contribution in [3.8, 4) is 5.75 Å². The van der Waals surface area contributed by atoms with Gasteiger partial charge in [-0.3, -0.25) is 0 Å². The van der Waals surface area contributed by atoms with Gasteiger partial charge in [0.2, 0.25) is 0 Å². The number of ether oxygens (including phenoxy) is 3. The highest BCUT2D eigenvalue weighted by Crippen LogP contribution is 2.15. The molecule has 1 unspecified atom stereocenters. The van der Waals surface area contributed by atoms with Crippen molar-refractivity contribution < 1.29 is 19.0 Å². The summed E-state index contributed by atoms with van der Waals surface area (Å²) >= 11 is 0. The van der Waals surface area contributed by atoms with Gasteiger partial charge in [-0.05, 0) is 24.6 Å². The fourth-order valence-electron chi connectivity index (χ4n) is 1.29. The third-order valence-electron chi connectivity index (χ3n) is 2.06. The van der Waals surface area contributed by atoms with Crippen LogP contribution in [0.1, 0.15) is 12.5 Å². The van der Waals surface area contributed by atoms with Crippen molar-refractivity contribution >= 4 is 5.97 Å². The molecule has 0 aliphatic heterocycles. The minimum atomic E-state index is -0.609. The molecular weight excluding hydrogens is 208 g/mol. The topological polar surface area (TPSA) is 44.8 Å². The van der Waals surface area contributed by atoms with Crippen LogP contribution in [-0.4, -0.2) is 26.3 Å². The molecule has 0 saturated heterocycles. The van der Waals surface area contributed by atoms with Gasteiger partial charge in [0.25, 0.3) is 0 Å². The molecule has 16 heavy (non-hydrogen) atoms. The Hall–Kier alpha value is -1.55. The monoisotopic (exact) mass is 224 g/mol. The summed E-state index contributed by atoms with van der Waals surface area (Å²) in [5, 5.41) is 0. The quantitative estimate of drug-likeness (QED) is 0.715. The second-order valence-corrected chi connectivity index (χ2v) is 3.36. The minimum Gasteiger partial charge on any atom is -0.479 e. The number of hydrogen-bond acceptors (Lipinski definition) is 4. The largest absolute Gasteiger partial charge is 0.479 e. The summed E-state index contributed by atoms with van der Waals surface area (Å²) in [5.41, 5.74) is 0.997. The Bertz CT molecular complexity index is 349. The molecule has 1 aromatic carbocycles. The lowest BCUT2D eigenvalue weighted by Gasteiger charge is -2.12. The first-order valence-electron chi connectivity index (χ1n) is 4.99. The molecular formula is C12H16O4. The van der Waals surface area contributed by atoms with Crippen LogP contribution in [0.3, 0.4) is 0 Å². The number of carbonyl (C=O) groups excluding carboxylic acids is 1. The van der Waals surface area contributed by atoms with E-state index in [-0.39, 0.29) is 0 Å². The molecule has 0 aromatic heterocycles. The Balaban J connectivity index is 2.66. The van der Waals surface area contributed by atoms with E-state index in [9.17, 15) is 4.79 Å². The van der Waals surface area contributed by atoms with Gasteiger partial charge < -0.3 is 14.2 Å². The van der Waals surface area contributed by atoms with Crippen molar-refractivity contribution in [2.45, 2.75) is 19.6 Å². The van der Waals surface area contributed by atoms with Crippen LogP contribution in [0.2, 0.25) is 0 Å². The van der Waals surface area contributed by atoms with Crippen LogP contribution >= 0.6 is 0 Å². The first-order chi connectivity index (χ1) is 7.67. The van der Waals surface area contributed by atoms with E-state index in [1.165, 1.54) is 7.11 Å². The average Bonchev–Trinajstić information content (AvgIpc) is 2.29. The second kappa shape index (κ2) is 6.12. The first-order valence-corrected chi connectivity index (χ1v) is 4.99. The molecule has 0 radical (unpaired) electrons. The molecule has 0 saturated carbocycles. The Morgan fingerprint density at radius 3 is 2.75 bits per heavy atom. The molecule has 0 N–H and O–H groups in total. The molecule has 0 spiro atoms. The van der Waals surface area contributed by atoms with Gasteiger partial charge in [-0.1, -0.05) is 12.1 Å². The van der Waals surface area contributed by atoms with Crippen molar-refractivity contribution in [2.75, 3.05) is 14.2 Å². The van der Waals surface area contributed by atoms with Gasteiger partial charge in [-0.2, -0.15) is 0 Å². The van der Waals surface area contributed by atoms with E-state index < -0.39 is 12.1 Å². The summed E-state index contributed by atoms with van der Waals surface area (Å²) in [6.07, 6.45) is -0.609. The van der Waals surface area contributed by atoms with Crippen LogP contribution in [-0.2, 0) is 20.9 Å². The van der Waals surface area contributed by atoms with Crippen molar-refractivity contribution in [2.24, 2.45) is 0 Å². The average molecular weight is 224 g/mol. The number of methoxy groups -OCH3 is 2. The normalized spacial score (nSPS) is 11.9. The number of esters is 1. The minimum absolute atomic E-state index is 0.392. The van der Waals surface area contributed by atoms with E-state index in [2.05, 4.69) is 4.74 Å². The second-order valence-electron chi connectivity index (χ2n) is 3.36. The summed E-state index contributed by atoms with van der Waals surface area (Å²) < 4.78 is 15.0. The van der Waals surface area contributed by atoms with E-state index in [1.54, 1.807) is 20.1 Å². The lowest BCUT2D eigenvalue weighted by Crippen LogP contribution is -2.24. The van der Waals surface area contributed by atoms with Gasteiger partial charge in [0, 0.05) is 7.11 Å². The van der Waals surface area contributed by atoms with E-state index in [0.717, 1.165) is 5.56 Å². The third-order valence-corrected chi connectivity index (χ3v) is 2.06. The smallest absolute Gasteiger partial charge is 0.346 e. The van der Waals surface area contributed by atoms with Crippen LogP contribution in [0.25, 0.3) is 0 Å². The van der Waals surface area contributed by atoms with Gasteiger partial charge in [0.1, 0.15) is 5.75 Å². The highest BCUT2D eigenvalue weighted by molar-refractivity contribution is 5.74. The molecule has 1 rings (SSSR count). The maximum atomic E-state index is 11.2. The molecule has 0 amide bonds. The zero-order valence-electron chi connectivity index (χ0n) is 9.73. The maximum Gasteiger partial charge on any atom is 0.346 e. The number of rotatable bonds is 5. The number of carbonyl (C=O) groups is 1. The lowest BCUT2D eigenvalue weighted by atomic mass is 10.2. The Morgan fingerprint density at radius 1 is 1.38 bits per heavy atom. The predicted octanol–water partition coefficient (Wildman–Crippen LogP) is 1.77. The summed E-state index contributed by atoms with van der Waals surface area (Å²) in [5.74, 6) is 0.240. The maximum absolute atomic E-state index is 11.2. The van der Waals surface area contributed by atoms with Gasteiger partial charge in [0.05, 0.1) is 13.7 Å². The van der Waals surface area contributed by atoms with E-state index in [1.807, 2.05) is 18.2 Å². The highest BCUT2D eigenvalue weighted by atomic mass is 16.6. The summed E-state index contributed by atoms with van der Waals surface area (Å²) in [4.78, 5) is 11.2. The SMILES string of the molecule is COCc1cccc(OC(C)C(=O)OC)c1. The van der Waals surface area contributed by atoms with Crippen molar-refractivity contribution in [1.29, 1.82) is 0 Å². The molecule has 0 aliphatic rings. The van der Waals surface area contributed by atoms with E-state index in [0.29, 0.717) is 12.4 Å². The van der Waals surface area contributed by atoms with Crippen LogP contribution in [0, 0.1) is 0 Å². The Kier molecular flexibility index (Phi) is 4.79. The molecule has 4 nitrogen and oxygen atoms in total. The standard InChI is InChI=1S/C12H16O4/c1-9(12(13)15-3)16-11-6-4-5-10(7-11)8-14-2/h4-7,9H,8H2,1-3H3. The molecule has 0 fully saturated rings. The molecule has 4 heteroatoms. The fraction of sp³-hybridized carbons (Fsp3) is 0.417. The van der Waals surface area contributed by atoms with Gasteiger partial charge in [0.15, 0.2) is 6.10 Å². The van der Waals surface area contributed by atoms with Gasteiger partial charge >= 0.3 is 5.97 Å². The lowest BCUT2D eigenvalue weighted by molar-refractivity contribution is -0.147. The van der Waals surface area contributed by atoms with Crippen LogP contribution in [0.5, 0.6) is 5.75 Å². The molecule has 1 aromatic rings. The van der Waals surface area contributed by atoms with Gasteiger partial charge in [-0.15, -0.1) is 0 Å². The summed E-state index contributed by atoms with van der Waals surface area (Å²) in [6.45, 7) is 2.17. The highest BCUT2D eigenvalue weighted by Gasteiger charge is 2.14. The zero-order chi connectivity index (χ0) is 12.0. The summed E-state index contributed by atoms with van der Waals surface area (Å²) in [7, 11) is 2.97. The van der Waals surface area contributed by atoms with Crippen LogP contribution in [0.4, 0.5) is 0 Å². The molecule has 0 bridgehead atoms. The first kappa shape index (κ1) is 12.5. The molecule has 0 heterocycles. The van der Waals surface area contributed by atoms with E-state index in [4.69, 9.17) is 9.47 Å². The molecule has 1 atom stereocenters. The fourth-order valence-corrected chi connectivity index (χ4v) is 1.29. The number of hydrogen-bond donors (Lipinski definition) is 0. The van der Waals surface area contributed by atoms with Crippen molar-refractivity contribution in [1.82, 2.24) is 0 Å². The van der Waals surface area contributed by atoms with Crippen LogP contribution in [0.15, 0.2) is 24.3 Å². The molecule has 0 aliphatic carbocycles. The molecule has 88 valence electrons. The van der Waals surface area contributed by atoms with Crippen molar-refractivity contribution in [3.05, 3.63) is 29.8 Å². The van der Waals surface area contributed by atoms with Gasteiger partial charge in [-0.25, -0.2) is 4.79 Å². The Labute approximate surface area is 95.1 Å². The Morgan fingerprint density at radius 2 is 2.12 bits per heavy atom. The van der Waals surface area contributed by atoms with E-state index >= 15 is 0 Å². The van der Waals surface area contributed by atoms with Crippen LogP contribution < -0.4 is 4.74 Å². The summed E-state index contributed by atoms with van der Waals surface area (Å²) in [6, 6.07) is 7.41. The number of benzene rings is 1. The van der Waals surface area contributed by atoms with Crippen molar-refractivity contribution in [3.63, 3.8) is 0 Å². The predicted molar refractivity (Wildman–Crippen MR) is 59.3 cm³/mol.